The molecular formula is C16H19F6NO3. The average molecular weight is 387 g/mol. The summed E-state index contributed by atoms with van der Waals surface area (Å²) >= 11 is 0. The number of rotatable bonds is 3. The van der Waals surface area contributed by atoms with Crippen molar-refractivity contribution in [2.24, 2.45) is 11.7 Å². The number of carbonyl (C=O) groups excluding carboxylic acids is 1. The van der Waals surface area contributed by atoms with Crippen LogP contribution in [0.3, 0.4) is 0 Å². The van der Waals surface area contributed by atoms with Crippen molar-refractivity contribution in [3.8, 4) is 0 Å². The summed E-state index contributed by atoms with van der Waals surface area (Å²) in [6.07, 6.45) is -10.2. The van der Waals surface area contributed by atoms with E-state index in [1.165, 1.54) is 20.8 Å². The van der Waals surface area contributed by atoms with Crippen molar-refractivity contribution < 1.29 is 41.0 Å². The van der Waals surface area contributed by atoms with Crippen LogP contribution in [0.4, 0.5) is 26.3 Å². The summed E-state index contributed by atoms with van der Waals surface area (Å²) in [4.78, 5) is 12.0. The number of aliphatic hydroxyl groups is 1. The van der Waals surface area contributed by atoms with Crippen molar-refractivity contribution in [1.82, 2.24) is 0 Å². The molecule has 3 N–H and O–H groups in total. The minimum atomic E-state index is -5.11. The Balaban J connectivity index is 3.45. The fourth-order valence-corrected chi connectivity index (χ4v) is 2.01. The zero-order valence-electron chi connectivity index (χ0n) is 14.4. The Morgan fingerprint density at radius 3 is 1.62 bits per heavy atom. The average Bonchev–Trinajstić information content (AvgIpc) is 2.42. The third-order valence-corrected chi connectivity index (χ3v) is 3.47. The van der Waals surface area contributed by atoms with Gasteiger partial charge in [0.25, 0.3) is 0 Å². The molecule has 0 aliphatic heterocycles. The van der Waals surface area contributed by atoms with Gasteiger partial charge in [-0.2, -0.15) is 26.3 Å². The summed E-state index contributed by atoms with van der Waals surface area (Å²) < 4.78 is 82.5. The van der Waals surface area contributed by atoms with Crippen LogP contribution in [-0.2, 0) is 27.6 Å². The van der Waals surface area contributed by atoms with Gasteiger partial charge in [-0.25, -0.2) is 0 Å². The molecule has 1 rings (SSSR count). The van der Waals surface area contributed by atoms with Gasteiger partial charge in [0, 0.05) is 5.56 Å². The fraction of sp³-hybridized carbons (Fsp3) is 0.562. The topological polar surface area (TPSA) is 72.5 Å². The van der Waals surface area contributed by atoms with E-state index in [0.29, 0.717) is 0 Å². The van der Waals surface area contributed by atoms with Crippen LogP contribution < -0.4 is 5.73 Å². The Kier molecular flexibility index (Phi) is 5.75. The highest BCUT2D eigenvalue weighted by Gasteiger charge is 2.43. The number of alkyl halides is 6. The third kappa shape index (κ3) is 5.34. The quantitative estimate of drug-likeness (QED) is 0.470. The van der Waals surface area contributed by atoms with E-state index in [4.69, 9.17) is 10.5 Å². The number of hydrogen-bond acceptors (Lipinski definition) is 4. The van der Waals surface area contributed by atoms with Crippen LogP contribution in [0.25, 0.3) is 0 Å². The molecule has 10 heteroatoms. The summed E-state index contributed by atoms with van der Waals surface area (Å²) in [5.74, 6) is -2.71. The number of ether oxygens (including phenoxy) is 1. The Bertz CT molecular complexity index is 642. The molecule has 0 fully saturated rings. The predicted octanol–water partition coefficient (Wildman–Crippen LogP) is 3.81. The molecule has 148 valence electrons. The van der Waals surface area contributed by atoms with E-state index in [2.05, 4.69) is 0 Å². The lowest BCUT2D eigenvalue weighted by Crippen LogP contribution is -2.48. The Morgan fingerprint density at radius 1 is 0.962 bits per heavy atom. The van der Waals surface area contributed by atoms with Crippen LogP contribution in [0.1, 0.15) is 44.4 Å². The molecule has 1 aromatic carbocycles. The number of carbonyl (C=O) groups is 1. The summed E-state index contributed by atoms with van der Waals surface area (Å²) in [7, 11) is 0. The monoisotopic (exact) mass is 387 g/mol. The number of hydrogen-bond donors (Lipinski definition) is 2. The Hall–Kier alpha value is -1.81. The molecule has 0 saturated heterocycles. The van der Waals surface area contributed by atoms with Crippen LogP contribution in [-0.4, -0.2) is 16.7 Å². The van der Waals surface area contributed by atoms with Gasteiger partial charge < -0.3 is 9.84 Å². The second-order valence-electron chi connectivity index (χ2n) is 6.88. The maximum Gasteiger partial charge on any atom is 0.416 e. The fourth-order valence-electron chi connectivity index (χ4n) is 2.01. The van der Waals surface area contributed by atoms with Crippen LogP contribution in [0, 0.1) is 5.92 Å². The first-order chi connectivity index (χ1) is 11.4. The van der Waals surface area contributed by atoms with E-state index in [-0.39, 0.29) is 18.2 Å². The highest BCUT2D eigenvalue weighted by Crippen LogP contribution is 2.39. The molecule has 2 atom stereocenters. The van der Waals surface area contributed by atoms with Crippen LogP contribution in [0.5, 0.6) is 0 Å². The summed E-state index contributed by atoms with van der Waals surface area (Å²) in [6.45, 7) is 5.54. The SMILES string of the molecule is C[C@H](C(=O)OC(C)(C)C)[C@@](N)(O)c1cc(C(F)(F)F)cc(C(F)(F)F)c1. The van der Waals surface area contributed by atoms with Gasteiger partial charge >= 0.3 is 18.3 Å². The molecule has 0 saturated carbocycles. The van der Waals surface area contributed by atoms with Gasteiger partial charge in [-0.05, 0) is 45.9 Å². The van der Waals surface area contributed by atoms with E-state index in [9.17, 15) is 36.2 Å². The molecule has 0 heterocycles. The lowest BCUT2D eigenvalue weighted by Gasteiger charge is -2.32. The molecule has 0 aliphatic rings. The van der Waals surface area contributed by atoms with E-state index >= 15 is 0 Å². The Labute approximate surface area is 145 Å². The van der Waals surface area contributed by atoms with Crippen LogP contribution >= 0.6 is 0 Å². The molecular weight excluding hydrogens is 368 g/mol. The number of esters is 1. The van der Waals surface area contributed by atoms with Crippen molar-refractivity contribution in [1.29, 1.82) is 0 Å². The molecule has 0 bridgehead atoms. The number of benzene rings is 1. The van der Waals surface area contributed by atoms with E-state index in [1.54, 1.807) is 0 Å². The smallest absolute Gasteiger partial charge is 0.416 e. The maximum atomic E-state index is 12.9. The van der Waals surface area contributed by atoms with Gasteiger partial charge in [0.05, 0.1) is 11.1 Å². The highest BCUT2D eigenvalue weighted by molar-refractivity contribution is 5.74. The van der Waals surface area contributed by atoms with Crippen molar-refractivity contribution >= 4 is 5.97 Å². The first-order valence-electron chi connectivity index (χ1n) is 7.40. The Morgan fingerprint density at radius 2 is 1.31 bits per heavy atom. The highest BCUT2D eigenvalue weighted by atomic mass is 19.4. The minimum Gasteiger partial charge on any atom is -0.460 e. The predicted molar refractivity (Wildman–Crippen MR) is 79.5 cm³/mol. The van der Waals surface area contributed by atoms with Gasteiger partial charge in [-0.1, -0.05) is 0 Å². The molecule has 1 aromatic rings. The second-order valence-corrected chi connectivity index (χ2v) is 6.88. The molecule has 0 aliphatic carbocycles. The molecule has 26 heavy (non-hydrogen) atoms. The second kappa shape index (κ2) is 6.73. The summed E-state index contributed by atoms with van der Waals surface area (Å²) in [5, 5.41) is 10.3. The molecule has 0 amide bonds. The van der Waals surface area contributed by atoms with E-state index in [1.807, 2.05) is 0 Å². The normalized spacial score (nSPS) is 16.8. The molecule has 0 radical (unpaired) electrons. The lowest BCUT2D eigenvalue weighted by molar-refractivity contribution is -0.169. The molecule has 0 unspecified atom stereocenters. The first-order valence-corrected chi connectivity index (χ1v) is 7.40. The van der Waals surface area contributed by atoms with Gasteiger partial charge in [0.15, 0.2) is 5.72 Å². The van der Waals surface area contributed by atoms with Crippen molar-refractivity contribution in [2.75, 3.05) is 0 Å². The van der Waals surface area contributed by atoms with E-state index in [0.717, 1.165) is 6.92 Å². The van der Waals surface area contributed by atoms with Crippen LogP contribution in [0.2, 0.25) is 0 Å². The molecule has 0 aromatic heterocycles. The molecule has 4 nitrogen and oxygen atoms in total. The third-order valence-electron chi connectivity index (χ3n) is 3.47. The first kappa shape index (κ1) is 22.2. The lowest BCUT2D eigenvalue weighted by atomic mass is 9.88. The summed E-state index contributed by atoms with van der Waals surface area (Å²) in [6, 6.07) is 0.448. The van der Waals surface area contributed by atoms with Crippen molar-refractivity contribution in [3.63, 3.8) is 0 Å². The minimum absolute atomic E-state index is 0.0995. The molecule has 0 spiro atoms. The standard InChI is InChI=1S/C16H19F6NO3/c1-8(12(24)26-13(2,3)4)14(23,25)9-5-10(15(17,18)19)7-11(6-9)16(20,21)22/h5-8,25H,23H2,1-4H3/t8-,14-/m1/s1. The van der Waals surface area contributed by atoms with Gasteiger partial charge in [-0.3, -0.25) is 10.5 Å². The van der Waals surface area contributed by atoms with Crippen molar-refractivity contribution in [2.45, 2.75) is 51.4 Å². The largest absolute Gasteiger partial charge is 0.460 e. The van der Waals surface area contributed by atoms with Gasteiger partial charge in [0.1, 0.15) is 11.5 Å². The van der Waals surface area contributed by atoms with E-state index < -0.39 is 52.3 Å². The zero-order valence-corrected chi connectivity index (χ0v) is 14.4. The van der Waals surface area contributed by atoms with Crippen molar-refractivity contribution in [3.05, 3.63) is 34.9 Å². The van der Waals surface area contributed by atoms with Gasteiger partial charge in [0.2, 0.25) is 0 Å². The number of nitrogens with two attached hydrogens (primary N) is 1. The maximum absolute atomic E-state index is 12.9. The van der Waals surface area contributed by atoms with Gasteiger partial charge in [-0.15, -0.1) is 0 Å². The van der Waals surface area contributed by atoms with Crippen LogP contribution in [0.15, 0.2) is 18.2 Å². The summed E-state index contributed by atoms with van der Waals surface area (Å²) in [5.41, 5.74) is -2.47. The zero-order chi connectivity index (χ0) is 20.7. The number of halogens is 6.